The lowest BCUT2D eigenvalue weighted by atomic mass is 9.81. The third-order valence-electron chi connectivity index (χ3n) is 9.45. The second kappa shape index (κ2) is 8.66. The molecule has 0 aromatic heterocycles. The Labute approximate surface area is 241 Å². The molecule has 8 rings (SSSR count). The van der Waals surface area contributed by atoms with E-state index in [0.717, 1.165) is 0 Å². The Morgan fingerprint density at radius 2 is 0.951 bits per heavy atom. The number of hydrogen-bond donors (Lipinski definition) is 0. The van der Waals surface area contributed by atoms with Gasteiger partial charge in [0.25, 0.3) is 0 Å². The van der Waals surface area contributed by atoms with Gasteiger partial charge in [0.2, 0.25) is 0 Å². The maximum atomic E-state index is 2.42. The minimum Gasteiger partial charge on any atom is -0.0619 e. The topological polar surface area (TPSA) is 0 Å². The first kappa shape index (κ1) is 24.1. The van der Waals surface area contributed by atoms with Crippen LogP contribution in [0.25, 0.3) is 65.7 Å². The Morgan fingerprint density at radius 3 is 1.71 bits per heavy atom. The van der Waals surface area contributed by atoms with Crippen molar-refractivity contribution in [2.75, 3.05) is 0 Å². The van der Waals surface area contributed by atoms with Crippen molar-refractivity contribution in [2.24, 2.45) is 0 Å². The van der Waals surface area contributed by atoms with E-state index in [1.807, 2.05) is 0 Å². The van der Waals surface area contributed by atoms with Crippen LogP contribution in [0.5, 0.6) is 0 Å². The van der Waals surface area contributed by atoms with Crippen molar-refractivity contribution in [2.45, 2.75) is 33.1 Å². The van der Waals surface area contributed by atoms with Gasteiger partial charge in [-0.15, -0.1) is 0 Å². The Bertz CT molecular complexity index is 2170. The Balaban J connectivity index is 1.24. The molecule has 0 N–H and O–H groups in total. The van der Waals surface area contributed by atoms with Crippen molar-refractivity contribution in [3.05, 3.63) is 144 Å². The van der Waals surface area contributed by atoms with Gasteiger partial charge in [0.1, 0.15) is 0 Å². The van der Waals surface area contributed by atoms with E-state index < -0.39 is 0 Å². The average Bonchev–Trinajstić information content (AvgIpc) is 3.23. The first-order chi connectivity index (χ1) is 19.9. The van der Waals surface area contributed by atoms with Crippen LogP contribution in [0.15, 0.2) is 121 Å². The van der Waals surface area contributed by atoms with Gasteiger partial charge in [0.05, 0.1) is 0 Å². The predicted octanol–water partition coefficient (Wildman–Crippen LogP) is 11.4. The second-order valence-electron chi connectivity index (χ2n) is 12.3. The Hall–Kier alpha value is -4.68. The summed E-state index contributed by atoms with van der Waals surface area (Å²) >= 11 is 0. The third-order valence-corrected chi connectivity index (χ3v) is 9.45. The molecule has 196 valence electrons. The smallest absolute Gasteiger partial charge is 0.0159 e. The molecular formula is C41H32. The molecule has 0 nitrogen and oxygen atoms in total. The van der Waals surface area contributed by atoms with Crippen LogP contribution in [0, 0.1) is 13.8 Å². The van der Waals surface area contributed by atoms with Crippen LogP contribution in [0.4, 0.5) is 0 Å². The molecule has 0 fully saturated rings. The average molecular weight is 525 g/mol. The van der Waals surface area contributed by atoms with Crippen LogP contribution < -0.4 is 0 Å². The number of benzene rings is 7. The van der Waals surface area contributed by atoms with Gasteiger partial charge in [0, 0.05) is 5.41 Å². The highest BCUT2D eigenvalue weighted by Crippen LogP contribution is 2.49. The normalized spacial score (nSPS) is 13.6. The molecule has 1 aliphatic carbocycles. The molecule has 1 aliphatic rings. The van der Waals surface area contributed by atoms with Gasteiger partial charge in [-0.3, -0.25) is 0 Å². The quantitative estimate of drug-likeness (QED) is 0.197. The minimum absolute atomic E-state index is 0.00760. The Kier molecular flexibility index (Phi) is 5.10. The second-order valence-corrected chi connectivity index (χ2v) is 12.3. The highest BCUT2D eigenvalue weighted by Gasteiger charge is 2.35. The van der Waals surface area contributed by atoms with Gasteiger partial charge in [-0.05, 0) is 108 Å². The number of hydrogen-bond acceptors (Lipinski definition) is 0. The molecule has 0 atom stereocenters. The molecule has 0 bridgehead atoms. The number of fused-ring (bicyclic) bond motifs is 9. The molecule has 7 aromatic carbocycles. The first-order valence-corrected chi connectivity index (χ1v) is 14.6. The number of rotatable bonds is 2. The minimum atomic E-state index is 0.00760. The SMILES string of the molecule is Cc1ccc2c3ccc(-c4ccc(-c5ccc6c(c5)C(C)(C)c5ccccc5-6)cc4C)cc3c3ccccc3c2c1. The van der Waals surface area contributed by atoms with Gasteiger partial charge in [-0.25, -0.2) is 0 Å². The summed E-state index contributed by atoms with van der Waals surface area (Å²) in [5.74, 6) is 0. The van der Waals surface area contributed by atoms with Crippen LogP contribution in [-0.2, 0) is 5.41 Å². The largest absolute Gasteiger partial charge is 0.0619 e. The zero-order chi connectivity index (χ0) is 27.9. The summed E-state index contributed by atoms with van der Waals surface area (Å²) in [6.07, 6.45) is 0. The molecular weight excluding hydrogens is 492 g/mol. The fourth-order valence-corrected chi connectivity index (χ4v) is 7.29. The lowest BCUT2D eigenvalue weighted by molar-refractivity contribution is 0.660. The number of aryl methyl sites for hydroxylation is 2. The molecule has 0 saturated carbocycles. The fraction of sp³-hybridized carbons (Fsp3) is 0.122. The molecule has 0 heterocycles. The molecule has 7 aromatic rings. The molecule has 41 heavy (non-hydrogen) atoms. The molecule has 0 aliphatic heterocycles. The van der Waals surface area contributed by atoms with Gasteiger partial charge < -0.3 is 0 Å². The molecule has 0 unspecified atom stereocenters. The van der Waals surface area contributed by atoms with E-state index in [1.54, 1.807) is 0 Å². The molecule has 0 spiro atoms. The molecule has 0 radical (unpaired) electrons. The predicted molar refractivity (Wildman–Crippen MR) is 177 cm³/mol. The van der Waals surface area contributed by atoms with Gasteiger partial charge in [-0.2, -0.15) is 0 Å². The van der Waals surface area contributed by atoms with E-state index in [2.05, 4.69) is 149 Å². The maximum Gasteiger partial charge on any atom is 0.0159 e. The van der Waals surface area contributed by atoms with E-state index in [0.29, 0.717) is 0 Å². The van der Waals surface area contributed by atoms with E-state index in [1.165, 1.54) is 88.0 Å². The van der Waals surface area contributed by atoms with Crippen LogP contribution >= 0.6 is 0 Å². The standard InChI is InChI=1S/C41H32/c1-25-13-17-33-34-19-16-29(23-38(34)32-10-6-5-9-31(32)37(33)21-25)30-18-14-27(22-26(30)2)28-15-20-36-35-11-7-8-12-39(35)41(3,4)40(36)24-28/h5-24H,1-4H3. The summed E-state index contributed by atoms with van der Waals surface area (Å²) < 4.78 is 0. The van der Waals surface area contributed by atoms with Gasteiger partial charge in [-0.1, -0.05) is 129 Å². The van der Waals surface area contributed by atoms with Crippen molar-refractivity contribution in [3.8, 4) is 33.4 Å². The van der Waals surface area contributed by atoms with Crippen LogP contribution in [0.3, 0.4) is 0 Å². The zero-order valence-corrected chi connectivity index (χ0v) is 24.0. The summed E-state index contributed by atoms with van der Waals surface area (Å²) in [4.78, 5) is 0. The van der Waals surface area contributed by atoms with Gasteiger partial charge >= 0.3 is 0 Å². The monoisotopic (exact) mass is 524 g/mol. The molecule has 0 heteroatoms. The van der Waals surface area contributed by atoms with Crippen LogP contribution in [-0.4, -0.2) is 0 Å². The Morgan fingerprint density at radius 1 is 0.390 bits per heavy atom. The molecule has 0 amide bonds. The van der Waals surface area contributed by atoms with E-state index >= 15 is 0 Å². The van der Waals surface area contributed by atoms with Crippen molar-refractivity contribution >= 4 is 32.3 Å². The highest BCUT2D eigenvalue weighted by atomic mass is 14.4. The highest BCUT2D eigenvalue weighted by molar-refractivity contribution is 6.25. The third kappa shape index (κ3) is 3.54. The molecule has 0 saturated heterocycles. The first-order valence-electron chi connectivity index (χ1n) is 14.6. The van der Waals surface area contributed by atoms with E-state index in [4.69, 9.17) is 0 Å². The van der Waals surface area contributed by atoms with Crippen LogP contribution in [0.2, 0.25) is 0 Å². The van der Waals surface area contributed by atoms with Gasteiger partial charge in [0.15, 0.2) is 0 Å². The summed E-state index contributed by atoms with van der Waals surface area (Å²) in [5, 5.41) is 7.94. The summed E-state index contributed by atoms with van der Waals surface area (Å²) in [5.41, 5.74) is 13.3. The lowest BCUT2D eigenvalue weighted by Gasteiger charge is -2.22. The zero-order valence-electron chi connectivity index (χ0n) is 24.0. The van der Waals surface area contributed by atoms with Crippen molar-refractivity contribution in [1.82, 2.24) is 0 Å². The van der Waals surface area contributed by atoms with Crippen molar-refractivity contribution < 1.29 is 0 Å². The van der Waals surface area contributed by atoms with E-state index in [9.17, 15) is 0 Å². The maximum absolute atomic E-state index is 2.42. The summed E-state index contributed by atoms with van der Waals surface area (Å²) in [7, 11) is 0. The van der Waals surface area contributed by atoms with Crippen LogP contribution in [0.1, 0.15) is 36.1 Å². The summed E-state index contributed by atoms with van der Waals surface area (Å²) in [6, 6.07) is 45.6. The van der Waals surface area contributed by atoms with E-state index in [-0.39, 0.29) is 5.41 Å². The van der Waals surface area contributed by atoms with Crippen molar-refractivity contribution in [3.63, 3.8) is 0 Å². The summed E-state index contributed by atoms with van der Waals surface area (Å²) in [6.45, 7) is 9.13. The fourth-order valence-electron chi connectivity index (χ4n) is 7.29. The van der Waals surface area contributed by atoms with Crippen molar-refractivity contribution in [1.29, 1.82) is 0 Å². The lowest BCUT2D eigenvalue weighted by Crippen LogP contribution is -2.14.